The Labute approximate surface area is 120 Å². The summed E-state index contributed by atoms with van der Waals surface area (Å²) in [4.78, 5) is 15.9. The molecule has 2 heterocycles. The average molecular weight is 293 g/mol. The Morgan fingerprint density at radius 2 is 2.35 bits per heavy atom. The van der Waals surface area contributed by atoms with Crippen LogP contribution in [-0.4, -0.2) is 29.1 Å². The molecular formula is C13H13ClN4O2. The van der Waals surface area contributed by atoms with Crippen LogP contribution in [0.4, 0.5) is 0 Å². The molecule has 1 aromatic carbocycles. The monoisotopic (exact) mass is 292 g/mol. The lowest BCUT2D eigenvalue weighted by Crippen LogP contribution is -2.50. The molecule has 0 bridgehead atoms. The molecule has 0 radical (unpaired) electrons. The Kier molecular flexibility index (Phi) is 3.66. The highest BCUT2D eigenvalue weighted by Crippen LogP contribution is 2.19. The second kappa shape index (κ2) is 5.60. The standard InChI is InChI=1S/C13H13ClN4O2/c14-10-3-1-2-8(4-10)12-17-11(20-18-12)7-16-13(19)9-5-15-6-9/h1-4,9,15H,5-7H2,(H,16,19). The van der Waals surface area contributed by atoms with Crippen molar-refractivity contribution in [3.63, 3.8) is 0 Å². The number of nitrogens with one attached hydrogen (secondary N) is 2. The number of carbonyl (C=O) groups excluding carboxylic acids is 1. The van der Waals surface area contributed by atoms with Gasteiger partial charge in [-0.15, -0.1) is 0 Å². The zero-order valence-corrected chi connectivity index (χ0v) is 11.4. The van der Waals surface area contributed by atoms with Crippen molar-refractivity contribution in [3.8, 4) is 11.4 Å². The fourth-order valence-corrected chi connectivity index (χ4v) is 2.04. The first-order chi connectivity index (χ1) is 9.72. The molecule has 0 saturated carbocycles. The minimum Gasteiger partial charge on any atom is -0.347 e. The van der Waals surface area contributed by atoms with Gasteiger partial charge in [0.05, 0.1) is 12.5 Å². The van der Waals surface area contributed by atoms with Crippen molar-refractivity contribution in [3.05, 3.63) is 35.2 Å². The number of rotatable bonds is 4. The first-order valence-corrected chi connectivity index (χ1v) is 6.67. The molecule has 1 fully saturated rings. The molecule has 3 rings (SSSR count). The predicted molar refractivity (Wildman–Crippen MR) is 73.0 cm³/mol. The first kappa shape index (κ1) is 13.1. The van der Waals surface area contributed by atoms with Crippen molar-refractivity contribution in [2.24, 2.45) is 5.92 Å². The summed E-state index contributed by atoms with van der Waals surface area (Å²) in [7, 11) is 0. The SMILES string of the molecule is O=C(NCc1nc(-c2cccc(Cl)c2)no1)C1CNC1. The quantitative estimate of drug-likeness (QED) is 0.886. The van der Waals surface area contributed by atoms with E-state index in [-0.39, 0.29) is 18.4 Å². The molecular weight excluding hydrogens is 280 g/mol. The molecule has 7 heteroatoms. The number of halogens is 1. The van der Waals surface area contributed by atoms with E-state index < -0.39 is 0 Å². The molecule has 1 saturated heterocycles. The van der Waals surface area contributed by atoms with Crippen LogP contribution < -0.4 is 10.6 Å². The van der Waals surface area contributed by atoms with Gasteiger partial charge in [-0.05, 0) is 12.1 Å². The van der Waals surface area contributed by atoms with Gasteiger partial charge in [-0.3, -0.25) is 4.79 Å². The maximum absolute atomic E-state index is 11.7. The van der Waals surface area contributed by atoms with E-state index in [1.807, 2.05) is 12.1 Å². The highest BCUT2D eigenvalue weighted by Gasteiger charge is 2.24. The van der Waals surface area contributed by atoms with E-state index in [0.717, 1.165) is 18.7 Å². The summed E-state index contributed by atoms with van der Waals surface area (Å²) in [5.74, 6) is 0.888. The zero-order valence-electron chi connectivity index (χ0n) is 10.6. The van der Waals surface area contributed by atoms with Gasteiger partial charge >= 0.3 is 0 Å². The van der Waals surface area contributed by atoms with Crippen LogP contribution in [0.2, 0.25) is 5.02 Å². The molecule has 1 aliphatic heterocycles. The summed E-state index contributed by atoms with van der Waals surface area (Å²) in [6, 6.07) is 7.20. The van der Waals surface area contributed by atoms with Gasteiger partial charge in [0.2, 0.25) is 17.6 Å². The van der Waals surface area contributed by atoms with Crippen LogP contribution in [0.15, 0.2) is 28.8 Å². The third-order valence-corrected chi connectivity index (χ3v) is 3.35. The largest absolute Gasteiger partial charge is 0.347 e. The molecule has 6 nitrogen and oxygen atoms in total. The Bertz CT molecular complexity index is 624. The highest BCUT2D eigenvalue weighted by molar-refractivity contribution is 6.30. The van der Waals surface area contributed by atoms with Gasteiger partial charge in [-0.25, -0.2) is 0 Å². The van der Waals surface area contributed by atoms with Crippen molar-refractivity contribution in [2.75, 3.05) is 13.1 Å². The number of aromatic nitrogens is 2. The van der Waals surface area contributed by atoms with Crippen LogP contribution in [-0.2, 0) is 11.3 Å². The van der Waals surface area contributed by atoms with E-state index in [1.165, 1.54) is 0 Å². The van der Waals surface area contributed by atoms with Crippen molar-refractivity contribution < 1.29 is 9.32 Å². The summed E-state index contributed by atoms with van der Waals surface area (Å²) in [6.07, 6.45) is 0. The van der Waals surface area contributed by atoms with Crippen molar-refractivity contribution in [1.29, 1.82) is 0 Å². The van der Waals surface area contributed by atoms with Gasteiger partial charge in [0.25, 0.3) is 0 Å². The van der Waals surface area contributed by atoms with Crippen LogP contribution in [0, 0.1) is 5.92 Å². The smallest absolute Gasteiger partial charge is 0.246 e. The van der Waals surface area contributed by atoms with Crippen LogP contribution in [0.1, 0.15) is 5.89 Å². The molecule has 0 spiro atoms. The van der Waals surface area contributed by atoms with Gasteiger partial charge in [0.1, 0.15) is 0 Å². The Balaban J connectivity index is 1.63. The average Bonchev–Trinajstić information content (AvgIpc) is 2.83. The van der Waals surface area contributed by atoms with Gasteiger partial charge in [0.15, 0.2) is 0 Å². The topological polar surface area (TPSA) is 80.1 Å². The number of hydrogen-bond acceptors (Lipinski definition) is 5. The van der Waals surface area contributed by atoms with Crippen molar-refractivity contribution in [1.82, 2.24) is 20.8 Å². The second-order valence-electron chi connectivity index (χ2n) is 4.60. The van der Waals surface area contributed by atoms with E-state index >= 15 is 0 Å². The fourth-order valence-electron chi connectivity index (χ4n) is 1.85. The lowest BCUT2D eigenvalue weighted by Gasteiger charge is -2.25. The molecule has 20 heavy (non-hydrogen) atoms. The number of carbonyl (C=O) groups is 1. The third-order valence-electron chi connectivity index (χ3n) is 3.12. The van der Waals surface area contributed by atoms with Gasteiger partial charge in [-0.2, -0.15) is 4.98 Å². The molecule has 1 aliphatic rings. The van der Waals surface area contributed by atoms with Crippen LogP contribution in [0.25, 0.3) is 11.4 Å². The summed E-state index contributed by atoms with van der Waals surface area (Å²) in [5, 5.41) is 10.3. The Morgan fingerprint density at radius 1 is 1.50 bits per heavy atom. The maximum atomic E-state index is 11.7. The number of nitrogens with zero attached hydrogens (tertiary/aromatic N) is 2. The summed E-state index contributed by atoms with van der Waals surface area (Å²) < 4.78 is 5.11. The summed E-state index contributed by atoms with van der Waals surface area (Å²) >= 11 is 5.91. The third kappa shape index (κ3) is 2.81. The maximum Gasteiger partial charge on any atom is 0.246 e. The summed E-state index contributed by atoms with van der Waals surface area (Å²) in [5.41, 5.74) is 0.780. The van der Waals surface area contributed by atoms with E-state index in [0.29, 0.717) is 16.7 Å². The van der Waals surface area contributed by atoms with E-state index in [1.54, 1.807) is 12.1 Å². The molecule has 2 aromatic rings. The van der Waals surface area contributed by atoms with Crippen molar-refractivity contribution in [2.45, 2.75) is 6.54 Å². The van der Waals surface area contributed by atoms with Crippen LogP contribution in [0.5, 0.6) is 0 Å². The zero-order chi connectivity index (χ0) is 13.9. The van der Waals surface area contributed by atoms with Gasteiger partial charge in [0, 0.05) is 23.7 Å². The highest BCUT2D eigenvalue weighted by atomic mass is 35.5. The van der Waals surface area contributed by atoms with Crippen LogP contribution in [0.3, 0.4) is 0 Å². The molecule has 1 amide bonds. The second-order valence-corrected chi connectivity index (χ2v) is 5.03. The Morgan fingerprint density at radius 3 is 3.05 bits per heavy atom. The lowest BCUT2D eigenvalue weighted by atomic mass is 10.0. The van der Waals surface area contributed by atoms with Gasteiger partial charge < -0.3 is 15.2 Å². The normalized spacial score (nSPS) is 14.8. The molecule has 1 aromatic heterocycles. The van der Waals surface area contributed by atoms with E-state index in [2.05, 4.69) is 20.8 Å². The molecule has 0 aliphatic carbocycles. The minimum absolute atomic E-state index is 0.00579. The van der Waals surface area contributed by atoms with E-state index in [4.69, 9.17) is 16.1 Å². The van der Waals surface area contributed by atoms with E-state index in [9.17, 15) is 4.79 Å². The molecule has 0 unspecified atom stereocenters. The first-order valence-electron chi connectivity index (χ1n) is 6.29. The lowest BCUT2D eigenvalue weighted by molar-refractivity contribution is -0.126. The molecule has 2 N–H and O–H groups in total. The Hall–Kier alpha value is -1.92. The van der Waals surface area contributed by atoms with Crippen LogP contribution >= 0.6 is 11.6 Å². The molecule has 0 atom stereocenters. The molecule has 104 valence electrons. The number of hydrogen-bond donors (Lipinski definition) is 2. The minimum atomic E-state index is 0.00579. The summed E-state index contributed by atoms with van der Waals surface area (Å²) in [6.45, 7) is 1.69. The van der Waals surface area contributed by atoms with Crippen molar-refractivity contribution >= 4 is 17.5 Å². The van der Waals surface area contributed by atoms with Gasteiger partial charge in [-0.1, -0.05) is 28.9 Å². The predicted octanol–water partition coefficient (Wildman–Crippen LogP) is 1.23. The number of benzene rings is 1. The fraction of sp³-hybridized carbons (Fsp3) is 0.308. The number of amides is 1.